The van der Waals surface area contributed by atoms with Crippen molar-refractivity contribution in [3.8, 4) is 0 Å². The van der Waals surface area contributed by atoms with Crippen LogP contribution in [0.2, 0.25) is 0 Å². The fourth-order valence-electron chi connectivity index (χ4n) is 4.72. The van der Waals surface area contributed by atoms with E-state index in [1.54, 1.807) is 0 Å². The van der Waals surface area contributed by atoms with Gasteiger partial charge in [-0.2, -0.15) is 0 Å². The maximum atomic E-state index is 12.1. The highest BCUT2D eigenvalue weighted by atomic mass is 16.2. The van der Waals surface area contributed by atoms with Gasteiger partial charge in [0.1, 0.15) is 0 Å². The summed E-state index contributed by atoms with van der Waals surface area (Å²) in [5, 5.41) is 2.96. The van der Waals surface area contributed by atoms with E-state index in [2.05, 4.69) is 67.6 Å². The molecule has 3 N–H and O–H groups in total. The molecule has 4 heteroatoms. The SMILES string of the molecule is CCC(C(N)=O)(C(C)C)C(C)C.CCNC(=O)C(CC)(C(C)C)C(C)C. The number of hydrogen-bond acceptors (Lipinski definition) is 2. The molecule has 0 aromatic rings. The van der Waals surface area contributed by atoms with E-state index in [1.165, 1.54) is 0 Å². The molecule has 0 unspecified atom stereocenters. The van der Waals surface area contributed by atoms with E-state index in [0.29, 0.717) is 23.7 Å². The van der Waals surface area contributed by atoms with Crippen LogP contribution in [0, 0.1) is 34.5 Å². The van der Waals surface area contributed by atoms with Crippen LogP contribution in [0.15, 0.2) is 0 Å². The predicted molar refractivity (Wildman–Crippen MR) is 113 cm³/mol. The van der Waals surface area contributed by atoms with Crippen molar-refractivity contribution in [2.24, 2.45) is 40.2 Å². The van der Waals surface area contributed by atoms with Crippen molar-refractivity contribution >= 4 is 11.8 Å². The highest BCUT2D eigenvalue weighted by Crippen LogP contribution is 2.39. The van der Waals surface area contributed by atoms with Crippen molar-refractivity contribution in [3.05, 3.63) is 0 Å². The lowest BCUT2D eigenvalue weighted by Crippen LogP contribution is -2.47. The molecular formula is C22H46N2O2. The van der Waals surface area contributed by atoms with Crippen LogP contribution in [0.4, 0.5) is 0 Å². The molecule has 0 aliphatic carbocycles. The Morgan fingerprint density at radius 3 is 1.15 bits per heavy atom. The van der Waals surface area contributed by atoms with Crippen LogP contribution in [0.5, 0.6) is 0 Å². The molecule has 0 aromatic heterocycles. The molecule has 0 saturated heterocycles. The third kappa shape index (κ3) is 5.72. The number of hydrogen-bond donors (Lipinski definition) is 2. The Hall–Kier alpha value is -1.06. The van der Waals surface area contributed by atoms with Gasteiger partial charge in [0, 0.05) is 6.54 Å². The first-order valence-electron chi connectivity index (χ1n) is 10.4. The van der Waals surface area contributed by atoms with Crippen molar-refractivity contribution in [1.82, 2.24) is 5.32 Å². The second-order valence-corrected chi connectivity index (χ2v) is 8.63. The fourth-order valence-corrected chi connectivity index (χ4v) is 4.72. The summed E-state index contributed by atoms with van der Waals surface area (Å²) in [6.45, 7) is 23.6. The topological polar surface area (TPSA) is 72.2 Å². The zero-order chi connectivity index (χ0) is 21.3. The van der Waals surface area contributed by atoms with Gasteiger partial charge in [0.2, 0.25) is 11.8 Å². The summed E-state index contributed by atoms with van der Waals surface area (Å²) in [4.78, 5) is 23.4. The van der Waals surface area contributed by atoms with Gasteiger partial charge in [-0.1, -0.05) is 69.2 Å². The summed E-state index contributed by atoms with van der Waals surface area (Å²) < 4.78 is 0. The van der Waals surface area contributed by atoms with Crippen LogP contribution >= 0.6 is 0 Å². The minimum atomic E-state index is -0.319. The molecule has 0 spiro atoms. The highest BCUT2D eigenvalue weighted by Gasteiger charge is 2.42. The van der Waals surface area contributed by atoms with E-state index in [-0.39, 0.29) is 22.6 Å². The van der Waals surface area contributed by atoms with E-state index in [0.717, 1.165) is 19.4 Å². The van der Waals surface area contributed by atoms with Gasteiger partial charge >= 0.3 is 0 Å². The quantitative estimate of drug-likeness (QED) is 0.598. The molecule has 0 saturated carbocycles. The van der Waals surface area contributed by atoms with E-state index < -0.39 is 0 Å². The van der Waals surface area contributed by atoms with Crippen LogP contribution in [-0.4, -0.2) is 18.4 Å². The average Bonchev–Trinajstić information content (AvgIpc) is 2.48. The summed E-state index contributed by atoms with van der Waals surface area (Å²) in [6, 6.07) is 0. The third-order valence-corrected chi connectivity index (χ3v) is 6.51. The predicted octanol–water partition coefficient (Wildman–Crippen LogP) is 5.01. The van der Waals surface area contributed by atoms with E-state index >= 15 is 0 Å². The third-order valence-electron chi connectivity index (χ3n) is 6.51. The second kappa shape index (κ2) is 11.6. The zero-order valence-electron chi connectivity index (χ0n) is 19.3. The number of rotatable bonds is 9. The largest absolute Gasteiger partial charge is 0.369 e. The zero-order valence-corrected chi connectivity index (χ0v) is 19.3. The Bertz CT molecular complexity index is 410. The van der Waals surface area contributed by atoms with Gasteiger partial charge in [0.25, 0.3) is 0 Å². The standard InChI is InChI=1S/C12H25NO.C10H21NO/c1-7-12(9(3)4,10(5)6)11(14)13-8-2;1-6-10(7(2)3,8(4)5)9(11)12/h9-10H,7-8H2,1-6H3,(H,13,14);7-8H,6H2,1-5H3,(H2,11,12). The van der Waals surface area contributed by atoms with Crippen molar-refractivity contribution < 1.29 is 9.59 Å². The first kappa shape index (κ1) is 27.2. The van der Waals surface area contributed by atoms with Gasteiger partial charge in [0.15, 0.2) is 0 Å². The fraction of sp³-hybridized carbons (Fsp3) is 0.909. The Morgan fingerprint density at radius 2 is 1.04 bits per heavy atom. The first-order valence-corrected chi connectivity index (χ1v) is 10.4. The van der Waals surface area contributed by atoms with Crippen molar-refractivity contribution in [2.75, 3.05) is 6.54 Å². The summed E-state index contributed by atoms with van der Waals surface area (Å²) in [6.07, 6.45) is 1.74. The molecule has 2 amide bonds. The number of nitrogens with one attached hydrogen (secondary N) is 1. The van der Waals surface area contributed by atoms with Gasteiger partial charge in [-0.3, -0.25) is 9.59 Å². The smallest absolute Gasteiger partial charge is 0.226 e. The Balaban J connectivity index is 0. The van der Waals surface area contributed by atoms with Crippen LogP contribution < -0.4 is 11.1 Å². The Kier molecular flexibility index (Phi) is 12.1. The lowest BCUT2D eigenvalue weighted by molar-refractivity contribution is -0.137. The minimum Gasteiger partial charge on any atom is -0.369 e. The summed E-state index contributed by atoms with van der Waals surface area (Å²) >= 11 is 0. The molecule has 0 rings (SSSR count). The maximum Gasteiger partial charge on any atom is 0.226 e. The molecular weight excluding hydrogens is 324 g/mol. The van der Waals surface area contributed by atoms with Gasteiger partial charge < -0.3 is 11.1 Å². The van der Waals surface area contributed by atoms with E-state index in [1.807, 2.05) is 13.8 Å². The number of nitrogens with two attached hydrogens (primary N) is 1. The van der Waals surface area contributed by atoms with Crippen molar-refractivity contribution in [2.45, 2.75) is 89.0 Å². The van der Waals surface area contributed by atoms with E-state index in [4.69, 9.17) is 5.73 Å². The normalized spacial score (nSPS) is 12.4. The molecule has 4 nitrogen and oxygen atoms in total. The molecule has 0 radical (unpaired) electrons. The summed E-state index contributed by atoms with van der Waals surface area (Å²) in [7, 11) is 0. The second-order valence-electron chi connectivity index (χ2n) is 8.63. The molecule has 0 bridgehead atoms. The van der Waals surface area contributed by atoms with Crippen LogP contribution in [-0.2, 0) is 9.59 Å². The molecule has 0 aromatic carbocycles. The number of carbonyl (C=O) groups is 2. The minimum absolute atomic E-state index is 0.157. The molecule has 0 atom stereocenters. The van der Waals surface area contributed by atoms with Crippen molar-refractivity contribution in [1.29, 1.82) is 0 Å². The van der Waals surface area contributed by atoms with Gasteiger partial charge in [-0.15, -0.1) is 0 Å². The summed E-state index contributed by atoms with van der Waals surface area (Å²) in [5.74, 6) is 1.47. The van der Waals surface area contributed by atoms with Crippen LogP contribution in [0.25, 0.3) is 0 Å². The van der Waals surface area contributed by atoms with Crippen molar-refractivity contribution in [3.63, 3.8) is 0 Å². The number of carbonyl (C=O) groups excluding carboxylic acids is 2. The van der Waals surface area contributed by atoms with Crippen LogP contribution in [0.1, 0.15) is 89.0 Å². The molecule has 26 heavy (non-hydrogen) atoms. The monoisotopic (exact) mass is 370 g/mol. The number of primary amides is 1. The molecule has 156 valence electrons. The lowest BCUT2D eigenvalue weighted by Gasteiger charge is -2.39. The Morgan fingerprint density at radius 1 is 0.731 bits per heavy atom. The van der Waals surface area contributed by atoms with Gasteiger partial charge in [-0.05, 0) is 43.4 Å². The number of amides is 2. The molecule has 0 fully saturated rings. The summed E-state index contributed by atoms with van der Waals surface area (Å²) in [5.41, 5.74) is 4.93. The van der Waals surface area contributed by atoms with E-state index in [9.17, 15) is 9.59 Å². The Labute approximate surface area is 163 Å². The molecule has 0 aliphatic rings. The maximum absolute atomic E-state index is 12.1. The average molecular weight is 371 g/mol. The highest BCUT2D eigenvalue weighted by molar-refractivity contribution is 5.83. The first-order chi connectivity index (χ1) is 11.8. The van der Waals surface area contributed by atoms with Crippen LogP contribution in [0.3, 0.4) is 0 Å². The van der Waals surface area contributed by atoms with Gasteiger partial charge in [-0.25, -0.2) is 0 Å². The lowest BCUT2D eigenvalue weighted by atomic mass is 9.66. The van der Waals surface area contributed by atoms with Gasteiger partial charge in [0.05, 0.1) is 10.8 Å². The molecule has 0 heterocycles. The molecule has 0 aliphatic heterocycles.